The van der Waals surface area contributed by atoms with E-state index in [0.717, 1.165) is 41.3 Å². The first kappa shape index (κ1) is 16.2. The Morgan fingerprint density at radius 1 is 0.750 bits per heavy atom. The summed E-state index contributed by atoms with van der Waals surface area (Å²) < 4.78 is 5.74. The second-order valence-corrected chi connectivity index (χ2v) is 5.74. The molecule has 0 spiro atoms. The van der Waals surface area contributed by atoms with Gasteiger partial charge in [-0.1, -0.05) is 62.2 Å². The lowest BCUT2D eigenvalue weighted by atomic mass is 10.1. The molecule has 2 aromatic carbocycles. The minimum absolute atomic E-state index is 0.746. The van der Waals surface area contributed by atoms with E-state index in [1.54, 1.807) is 0 Å². The number of hydrogen-bond donors (Lipinski definition) is 0. The molecule has 0 saturated carbocycles. The largest absolute Gasteiger partial charge is 0.494 e. The van der Waals surface area contributed by atoms with E-state index in [2.05, 4.69) is 29.0 Å². The van der Waals surface area contributed by atoms with Crippen molar-refractivity contribution in [1.29, 1.82) is 0 Å². The number of aromatic nitrogens is 2. The molecule has 0 aliphatic carbocycles. The van der Waals surface area contributed by atoms with Crippen LogP contribution >= 0.6 is 0 Å². The summed E-state index contributed by atoms with van der Waals surface area (Å²) in [6.07, 6.45) is 7.26. The van der Waals surface area contributed by atoms with E-state index in [4.69, 9.17) is 4.74 Å². The summed E-state index contributed by atoms with van der Waals surface area (Å²) in [5.41, 5.74) is 3.13. The first-order chi connectivity index (χ1) is 11.9. The Balaban J connectivity index is 1.66. The Morgan fingerprint density at radius 2 is 1.46 bits per heavy atom. The summed E-state index contributed by atoms with van der Waals surface area (Å²) in [5.74, 6) is 1.66. The average molecular weight is 318 g/mol. The zero-order valence-corrected chi connectivity index (χ0v) is 14.0. The van der Waals surface area contributed by atoms with Crippen molar-refractivity contribution in [3.05, 3.63) is 67.0 Å². The quantitative estimate of drug-likeness (QED) is 0.549. The van der Waals surface area contributed by atoms with Crippen LogP contribution in [-0.4, -0.2) is 16.6 Å². The van der Waals surface area contributed by atoms with Gasteiger partial charge in [-0.25, -0.2) is 9.97 Å². The van der Waals surface area contributed by atoms with Gasteiger partial charge >= 0.3 is 0 Å². The monoisotopic (exact) mass is 318 g/mol. The van der Waals surface area contributed by atoms with Crippen molar-refractivity contribution >= 4 is 0 Å². The molecule has 0 atom stereocenters. The lowest BCUT2D eigenvalue weighted by Gasteiger charge is -2.07. The molecule has 0 amide bonds. The first-order valence-corrected chi connectivity index (χ1v) is 8.47. The van der Waals surface area contributed by atoms with Gasteiger partial charge in [0.2, 0.25) is 0 Å². The van der Waals surface area contributed by atoms with Gasteiger partial charge in [0, 0.05) is 23.5 Å². The van der Waals surface area contributed by atoms with Crippen LogP contribution in [0.1, 0.15) is 26.2 Å². The van der Waals surface area contributed by atoms with Gasteiger partial charge in [-0.2, -0.15) is 0 Å². The van der Waals surface area contributed by atoms with Crippen LogP contribution in [0.5, 0.6) is 5.75 Å². The molecule has 0 bridgehead atoms. The molecule has 1 aromatic heterocycles. The Kier molecular flexibility index (Phi) is 5.56. The van der Waals surface area contributed by atoms with E-state index in [1.807, 2.05) is 54.9 Å². The van der Waals surface area contributed by atoms with E-state index < -0.39 is 0 Å². The minimum atomic E-state index is 0.746. The lowest BCUT2D eigenvalue weighted by molar-refractivity contribution is 0.306. The van der Waals surface area contributed by atoms with Crippen LogP contribution in [-0.2, 0) is 0 Å². The number of unbranched alkanes of at least 4 members (excludes halogenated alkanes) is 2. The fourth-order valence-corrected chi connectivity index (χ4v) is 2.50. The van der Waals surface area contributed by atoms with Crippen LogP contribution in [0.15, 0.2) is 67.0 Å². The molecular formula is C21H22N2O. The van der Waals surface area contributed by atoms with Gasteiger partial charge in [0.1, 0.15) is 5.75 Å². The number of nitrogens with zero attached hydrogens (tertiary/aromatic N) is 2. The van der Waals surface area contributed by atoms with Crippen molar-refractivity contribution in [1.82, 2.24) is 9.97 Å². The highest BCUT2D eigenvalue weighted by molar-refractivity contribution is 5.64. The van der Waals surface area contributed by atoms with Crippen LogP contribution in [0.4, 0.5) is 0 Å². The molecular weight excluding hydrogens is 296 g/mol. The highest BCUT2D eigenvalue weighted by Crippen LogP contribution is 2.23. The van der Waals surface area contributed by atoms with E-state index >= 15 is 0 Å². The second kappa shape index (κ2) is 8.25. The number of hydrogen-bond acceptors (Lipinski definition) is 3. The van der Waals surface area contributed by atoms with Gasteiger partial charge in [-0.3, -0.25) is 0 Å². The zero-order valence-electron chi connectivity index (χ0n) is 14.0. The van der Waals surface area contributed by atoms with E-state index in [0.29, 0.717) is 0 Å². The maximum absolute atomic E-state index is 5.74. The van der Waals surface area contributed by atoms with E-state index in [-0.39, 0.29) is 0 Å². The van der Waals surface area contributed by atoms with Gasteiger partial charge in [0.15, 0.2) is 5.82 Å². The number of rotatable bonds is 7. The van der Waals surface area contributed by atoms with Crippen molar-refractivity contribution in [2.45, 2.75) is 26.2 Å². The Labute approximate surface area is 143 Å². The van der Waals surface area contributed by atoms with Crippen LogP contribution in [0, 0.1) is 0 Å². The number of benzene rings is 2. The molecule has 0 fully saturated rings. The normalized spacial score (nSPS) is 10.5. The molecule has 0 N–H and O–H groups in total. The summed E-state index contributed by atoms with van der Waals surface area (Å²) in [6, 6.07) is 18.1. The predicted molar refractivity (Wildman–Crippen MR) is 97.9 cm³/mol. The summed E-state index contributed by atoms with van der Waals surface area (Å²) in [5, 5.41) is 0. The van der Waals surface area contributed by atoms with Gasteiger partial charge in [-0.05, 0) is 24.1 Å². The highest BCUT2D eigenvalue weighted by atomic mass is 16.5. The third kappa shape index (κ3) is 4.19. The third-order valence-electron chi connectivity index (χ3n) is 3.89. The van der Waals surface area contributed by atoms with Crippen molar-refractivity contribution in [3.8, 4) is 28.3 Å². The van der Waals surface area contributed by atoms with Crippen LogP contribution < -0.4 is 4.74 Å². The molecule has 0 saturated heterocycles. The number of ether oxygens (including phenoxy) is 1. The SMILES string of the molecule is CCCCCOc1ccc(-c2cnc(-c3ccccc3)nc2)cc1. The molecule has 0 aliphatic rings. The maximum atomic E-state index is 5.74. The molecule has 0 aliphatic heterocycles. The second-order valence-electron chi connectivity index (χ2n) is 5.74. The molecule has 0 unspecified atom stereocenters. The lowest BCUT2D eigenvalue weighted by Crippen LogP contribution is -1.96. The Hall–Kier alpha value is -2.68. The predicted octanol–water partition coefficient (Wildman–Crippen LogP) is 5.38. The van der Waals surface area contributed by atoms with Crippen molar-refractivity contribution in [3.63, 3.8) is 0 Å². The molecule has 0 radical (unpaired) electrons. The summed E-state index contributed by atoms with van der Waals surface area (Å²) in [6.45, 7) is 2.97. The first-order valence-electron chi connectivity index (χ1n) is 8.47. The molecule has 3 nitrogen and oxygen atoms in total. The zero-order chi connectivity index (χ0) is 16.6. The highest BCUT2D eigenvalue weighted by Gasteiger charge is 2.03. The van der Waals surface area contributed by atoms with Gasteiger partial charge in [-0.15, -0.1) is 0 Å². The van der Waals surface area contributed by atoms with Gasteiger partial charge in [0.25, 0.3) is 0 Å². The van der Waals surface area contributed by atoms with E-state index in [9.17, 15) is 0 Å². The topological polar surface area (TPSA) is 35.0 Å². The summed E-state index contributed by atoms with van der Waals surface area (Å²) in [4.78, 5) is 8.95. The van der Waals surface area contributed by atoms with Crippen molar-refractivity contribution in [2.75, 3.05) is 6.61 Å². The minimum Gasteiger partial charge on any atom is -0.494 e. The molecule has 1 heterocycles. The van der Waals surface area contributed by atoms with Crippen molar-refractivity contribution < 1.29 is 4.74 Å². The fraction of sp³-hybridized carbons (Fsp3) is 0.238. The van der Waals surface area contributed by atoms with Gasteiger partial charge in [0.05, 0.1) is 6.61 Å². The van der Waals surface area contributed by atoms with Crippen LogP contribution in [0.3, 0.4) is 0 Å². The molecule has 24 heavy (non-hydrogen) atoms. The fourth-order valence-electron chi connectivity index (χ4n) is 2.50. The maximum Gasteiger partial charge on any atom is 0.159 e. The Morgan fingerprint density at radius 3 is 2.12 bits per heavy atom. The van der Waals surface area contributed by atoms with Crippen LogP contribution in [0.25, 0.3) is 22.5 Å². The van der Waals surface area contributed by atoms with E-state index in [1.165, 1.54) is 12.8 Å². The molecule has 3 aromatic rings. The molecule has 3 heteroatoms. The third-order valence-corrected chi connectivity index (χ3v) is 3.89. The van der Waals surface area contributed by atoms with Crippen molar-refractivity contribution in [2.24, 2.45) is 0 Å². The summed E-state index contributed by atoms with van der Waals surface area (Å²) in [7, 11) is 0. The smallest absolute Gasteiger partial charge is 0.159 e. The average Bonchev–Trinajstić information content (AvgIpc) is 2.67. The molecule has 3 rings (SSSR count). The molecule has 122 valence electrons. The summed E-state index contributed by atoms with van der Waals surface area (Å²) >= 11 is 0. The Bertz CT molecular complexity index is 737. The standard InChI is InChI=1S/C21H22N2O/c1-2-3-7-14-24-20-12-10-17(11-13-20)19-15-22-21(23-16-19)18-8-5-4-6-9-18/h4-6,8-13,15-16H,2-3,7,14H2,1H3. The van der Waals surface area contributed by atoms with Gasteiger partial charge < -0.3 is 4.74 Å². The van der Waals surface area contributed by atoms with Crippen LogP contribution in [0.2, 0.25) is 0 Å².